The van der Waals surface area contributed by atoms with Gasteiger partial charge in [0.2, 0.25) is 0 Å². The Bertz CT molecular complexity index is 259. The molecule has 1 aromatic rings. The Morgan fingerprint density at radius 1 is 1.00 bits per heavy atom. The van der Waals surface area contributed by atoms with E-state index in [0.29, 0.717) is 0 Å². The largest absolute Gasteiger partial charge is 3.00 e. The van der Waals surface area contributed by atoms with Crippen LogP contribution in [0.15, 0.2) is 24.3 Å². The topological polar surface area (TPSA) is 23.1 Å². The van der Waals surface area contributed by atoms with E-state index in [0.717, 1.165) is 5.56 Å². The van der Waals surface area contributed by atoms with Gasteiger partial charge in [-0.1, -0.05) is 50.6 Å². The van der Waals surface area contributed by atoms with Crippen molar-refractivity contribution >= 4 is 17.4 Å². The molecule has 0 aliphatic heterocycles. The molecule has 0 heterocycles. The van der Waals surface area contributed by atoms with Crippen molar-refractivity contribution in [2.24, 2.45) is 0 Å². The third-order valence-corrected chi connectivity index (χ3v) is 1.70. The zero-order valence-corrected chi connectivity index (χ0v) is 11.2. The number of benzene rings is 1. The maximum atomic E-state index is 11.3. The minimum Gasteiger partial charge on any atom is -1.00 e. The molecule has 1 nitrogen and oxygen atoms in total. The molecule has 1 rings (SSSR count). The van der Waals surface area contributed by atoms with Crippen molar-refractivity contribution in [1.29, 1.82) is 0 Å². The van der Waals surface area contributed by atoms with Gasteiger partial charge in [-0.2, -0.15) is 0 Å². The number of halogens is 2. The van der Waals surface area contributed by atoms with Crippen molar-refractivity contribution in [3.05, 3.63) is 29.8 Å². The standard InChI is InChI=1S/C10H14O.Al.2ClH/c1-10(2,3)8-6-4-5-7-9(8)11;;;/h4-7,11H,1-3H3;;2*1H/q;+3;;/p-3. The molecule has 0 saturated carbocycles. The molecule has 0 N–H and O–H groups in total. The van der Waals surface area contributed by atoms with E-state index in [2.05, 4.69) is 0 Å². The fraction of sp³-hybridized carbons (Fsp3) is 0.400. The molecule has 76 valence electrons. The molecule has 0 aromatic heterocycles. The van der Waals surface area contributed by atoms with Crippen LogP contribution >= 0.6 is 0 Å². The van der Waals surface area contributed by atoms with Crippen LogP contribution in [-0.4, -0.2) is 17.4 Å². The first-order chi connectivity index (χ1) is 5.02. The van der Waals surface area contributed by atoms with E-state index in [1.54, 1.807) is 12.1 Å². The maximum absolute atomic E-state index is 11.3. The summed E-state index contributed by atoms with van der Waals surface area (Å²) >= 11 is 0. The number of hydrogen-bond donors (Lipinski definition) is 0. The van der Waals surface area contributed by atoms with Crippen LogP contribution in [0.5, 0.6) is 5.75 Å². The van der Waals surface area contributed by atoms with Gasteiger partial charge in [-0.3, -0.25) is 0 Å². The van der Waals surface area contributed by atoms with Gasteiger partial charge < -0.3 is 29.9 Å². The van der Waals surface area contributed by atoms with Crippen LogP contribution in [0.3, 0.4) is 0 Å². The fourth-order valence-corrected chi connectivity index (χ4v) is 1.09. The molecule has 0 aliphatic carbocycles. The second kappa shape index (κ2) is 7.43. The summed E-state index contributed by atoms with van der Waals surface area (Å²) in [5.41, 5.74) is 0.859. The molecule has 1 aromatic carbocycles. The van der Waals surface area contributed by atoms with Crippen LogP contribution in [0, 0.1) is 0 Å². The predicted molar refractivity (Wildman–Crippen MR) is 50.3 cm³/mol. The van der Waals surface area contributed by atoms with E-state index in [4.69, 9.17) is 0 Å². The maximum Gasteiger partial charge on any atom is 3.00 e. The molecule has 0 atom stereocenters. The summed E-state index contributed by atoms with van der Waals surface area (Å²) in [5.74, 6) is 0.139. The summed E-state index contributed by atoms with van der Waals surface area (Å²) in [5, 5.41) is 11.3. The van der Waals surface area contributed by atoms with E-state index >= 15 is 0 Å². The van der Waals surface area contributed by atoms with Gasteiger partial charge in [0.05, 0.1) is 0 Å². The molecule has 14 heavy (non-hydrogen) atoms. The van der Waals surface area contributed by atoms with Crippen molar-refractivity contribution in [2.45, 2.75) is 26.2 Å². The third-order valence-electron chi connectivity index (χ3n) is 1.70. The van der Waals surface area contributed by atoms with Crippen LogP contribution < -0.4 is 29.9 Å². The minimum absolute atomic E-state index is 0. The number of hydrogen-bond acceptors (Lipinski definition) is 1. The van der Waals surface area contributed by atoms with Gasteiger partial charge in [-0.15, -0.1) is 5.75 Å². The van der Waals surface area contributed by atoms with Crippen LogP contribution in [-0.2, 0) is 5.41 Å². The molecule has 0 spiro atoms. The van der Waals surface area contributed by atoms with Crippen LogP contribution in [0.1, 0.15) is 26.3 Å². The first-order valence-corrected chi connectivity index (χ1v) is 3.78. The van der Waals surface area contributed by atoms with Gasteiger partial charge >= 0.3 is 17.4 Å². The summed E-state index contributed by atoms with van der Waals surface area (Å²) in [6.45, 7) is 6.14. The van der Waals surface area contributed by atoms with E-state index in [-0.39, 0.29) is 53.3 Å². The van der Waals surface area contributed by atoms with Crippen molar-refractivity contribution in [3.63, 3.8) is 0 Å². The average molecular weight is 247 g/mol. The summed E-state index contributed by atoms with van der Waals surface area (Å²) in [7, 11) is 0. The zero-order valence-electron chi connectivity index (χ0n) is 8.55. The molecule has 4 heteroatoms. The summed E-state index contributed by atoms with van der Waals surface area (Å²) < 4.78 is 0. The Hall–Kier alpha value is 0.132. The average Bonchev–Trinajstić information content (AvgIpc) is 1.86. The van der Waals surface area contributed by atoms with E-state index in [1.807, 2.05) is 32.9 Å². The van der Waals surface area contributed by atoms with Gasteiger partial charge in [-0.25, -0.2) is 0 Å². The van der Waals surface area contributed by atoms with E-state index < -0.39 is 0 Å². The van der Waals surface area contributed by atoms with Gasteiger partial charge in [0.1, 0.15) is 0 Å². The monoisotopic (exact) mass is 246 g/mol. The zero-order chi connectivity index (χ0) is 8.48. The molecule has 0 fully saturated rings. The second-order valence-corrected chi connectivity index (χ2v) is 3.75. The number of para-hydroxylation sites is 1. The van der Waals surface area contributed by atoms with Crippen LogP contribution in [0.25, 0.3) is 0 Å². The molecular weight excluding hydrogens is 234 g/mol. The molecule has 0 unspecified atom stereocenters. The Balaban J connectivity index is -0.000000403. The normalized spacial score (nSPS) is 9.07. The Kier molecular flexibility index (Phi) is 10.4. The minimum atomic E-state index is -0.0294. The molecule has 0 radical (unpaired) electrons. The number of rotatable bonds is 0. The first kappa shape index (κ1) is 19.7. The van der Waals surface area contributed by atoms with Gasteiger partial charge in [-0.05, 0) is 5.41 Å². The van der Waals surface area contributed by atoms with E-state index in [1.165, 1.54) is 0 Å². The first-order valence-electron chi connectivity index (χ1n) is 3.78. The Morgan fingerprint density at radius 2 is 1.43 bits per heavy atom. The Labute approximate surface area is 109 Å². The van der Waals surface area contributed by atoms with Crippen molar-refractivity contribution < 1.29 is 29.9 Å². The smallest absolute Gasteiger partial charge is 1.00 e. The Morgan fingerprint density at radius 3 is 1.71 bits per heavy atom. The molecule has 0 aliphatic rings. The third kappa shape index (κ3) is 5.12. The summed E-state index contributed by atoms with van der Waals surface area (Å²) in [6, 6.07) is 7.18. The van der Waals surface area contributed by atoms with Gasteiger partial charge in [0.15, 0.2) is 0 Å². The molecule has 0 amide bonds. The van der Waals surface area contributed by atoms with Crippen molar-refractivity contribution in [1.82, 2.24) is 0 Å². The van der Waals surface area contributed by atoms with Gasteiger partial charge in [0, 0.05) is 0 Å². The molecule has 0 saturated heterocycles. The van der Waals surface area contributed by atoms with Crippen LogP contribution in [0.2, 0.25) is 0 Å². The van der Waals surface area contributed by atoms with E-state index in [9.17, 15) is 5.11 Å². The quantitative estimate of drug-likeness (QED) is 0.425. The SMILES string of the molecule is CC(C)(C)c1ccccc1[O-].[Al+3].[Cl-].[Cl-]. The molecule has 0 bridgehead atoms. The second-order valence-electron chi connectivity index (χ2n) is 3.75. The van der Waals surface area contributed by atoms with Crippen LogP contribution in [0.4, 0.5) is 0 Å². The predicted octanol–water partition coefficient (Wildman–Crippen LogP) is -4.32. The van der Waals surface area contributed by atoms with Gasteiger partial charge in [0.25, 0.3) is 0 Å². The van der Waals surface area contributed by atoms with Crippen molar-refractivity contribution in [3.8, 4) is 5.75 Å². The van der Waals surface area contributed by atoms with Crippen molar-refractivity contribution in [2.75, 3.05) is 0 Å². The fourth-order valence-electron chi connectivity index (χ4n) is 1.09. The summed E-state index contributed by atoms with van der Waals surface area (Å²) in [4.78, 5) is 0. The molecular formula is C10H13AlCl2O. The summed E-state index contributed by atoms with van der Waals surface area (Å²) in [6.07, 6.45) is 0.